The van der Waals surface area contributed by atoms with Crippen LogP contribution in [0.3, 0.4) is 0 Å². The van der Waals surface area contributed by atoms with E-state index in [0.717, 1.165) is 11.6 Å². The number of benzene rings is 2. The molecule has 2 rings (SSSR count). The first-order valence-electron chi connectivity index (χ1n) is 7.54. The van der Waals surface area contributed by atoms with Crippen molar-refractivity contribution in [3.8, 4) is 0 Å². The highest BCUT2D eigenvalue weighted by molar-refractivity contribution is 6.01. The number of hydrogen-bond acceptors (Lipinski definition) is 3. The molecule has 2 amide bonds. The van der Waals surface area contributed by atoms with E-state index in [0.29, 0.717) is 5.71 Å². The number of nitrogens with one attached hydrogen (secondary N) is 2. The number of carbonyl (C=O) groups is 2. The van der Waals surface area contributed by atoms with Gasteiger partial charge in [0.05, 0.1) is 6.42 Å². The van der Waals surface area contributed by atoms with E-state index < -0.39 is 11.7 Å². The molecule has 0 aromatic heterocycles. The lowest BCUT2D eigenvalue weighted by Gasteiger charge is -2.06. The molecule has 0 saturated carbocycles. The van der Waals surface area contributed by atoms with Gasteiger partial charge in [-0.25, -0.2) is 14.2 Å². The number of halogens is 2. The Labute approximate surface area is 143 Å². The Morgan fingerprint density at radius 2 is 1.76 bits per heavy atom. The molecule has 0 aliphatic heterocycles. The van der Waals surface area contributed by atoms with Crippen molar-refractivity contribution < 1.29 is 18.4 Å². The standard InChI is InChI=1S/C18H17F2N3O2/c1-12(22-23-18(25)14-3-2-4-16(20)10-14)9-17(24)21-11-13-5-7-15(19)8-6-13/h2-8,10H,9,11H2,1H3,(H,21,24)(H,23,25)/b22-12+. The molecule has 0 aliphatic rings. The van der Waals surface area contributed by atoms with Crippen molar-refractivity contribution in [2.45, 2.75) is 19.9 Å². The number of hydrogen-bond donors (Lipinski definition) is 2. The Bertz CT molecular complexity index is 789. The first-order valence-corrected chi connectivity index (χ1v) is 7.54. The molecule has 0 heterocycles. The summed E-state index contributed by atoms with van der Waals surface area (Å²) in [7, 11) is 0. The van der Waals surface area contributed by atoms with Crippen LogP contribution >= 0.6 is 0 Å². The molecule has 25 heavy (non-hydrogen) atoms. The van der Waals surface area contributed by atoms with E-state index in [-0.39, 0.29) is 30.3 Å². The fraction of sp³-hybridized carbons (Fsp3) is 0.167. The van der Waals surface area contributed by atoms with Gasteiger partial charge in [-0.2, -0.15) is 5.10 Å². The van der Waals surface area contributed by atoms with E-state index in [1.165, 1.54) is 30.3 Å². The van der Waals surface area contributed by atoms with Crippen LogP contribution in [-0.2, 0) is 11.3 Å². The van der Waals surface area contributed by atoms with Crippen LogP contribution in [0.15, 0.2) is 53.6 Å². The maximum atomic E-state index is 13.1. The van der Waals surface area contributed by atoms with E-state index in [4.69, 9.17) is 0 Å². The van der Waals surface area contributed by atoms with Crippen molar-refractivity contribution in [1.82, 2.24) is 10.7 Å². The molecular formula is C18H17F2N3O2. The van der Waals surface area contributed by atoms with Gasteiger partial charge in [0, 0.05) is 17.8 Å². The fourth-order valence-corrected chi connectivity index (χ4v) is 1.98. The minimum Gasteiger partial charge on any atom is -0.352 e. The summed E-state index contributed by atoms with van der Waals surface area (Å²) in [5.74, 6) is -1.71. The maximum absolute atomic E-state index is 13.1. The van der Waals surface area contributed by atoms with Crippen molar-refractivity contribution in [1.29, 1.82) is 0 Å². The summed E-state index contributed by atoms with van der Waals surface area (Å²) in [6.45, 7) is 1.85. The van der Waals surface area contributed by atoms with Crippen molar-refractivity contribution >= 4 is 17.5 Å². The number of hydrazone groups is 1. The zero-order valence-electron chi connectivity index (χ0n) is 13.6. The summed E-state index contributed by atoms with van der Waals surface area (Å²) in [6.07, 6.45) is -0.00930. The largest absolute Gasteiger partial charge is 0.352 e. The summed E-state index contributed by atoms with van der Waals surface area (Å²) < 4.78 is 25.8. The second-order valence-corrected chi connectivity index (χ2v) is 5.38. The minimum absolute atomic E-state index is 0.00930. The smallest absolute Gasteiger partial charge is 0.271 e. The lowest BCUT2D eigenvalue weighted by Crippen LogP contribution is -2.26. The number of carbonyl (C=O) groups excluding carboxylic acids is 2. The molecule has 0 bridgehead atoms. The molecular weight excluding hydrogens is 328 g/mol. The zero-order valence-corrected chi connectivity index (χ0v) is 13.6. The topological polar surface area (TPSA) is 70.6 Å². The molecule has 7 heteroatoms. The average molecular weight is 345 g/mol. The van der Waals surface area contributed by atoms with E-state index in [1.807, 2.05) is 0 Å². The molecule has 0 spiro atoms. The average Bonchev–Trinajstić information content (AvgIpc) is 2.59. The van der Waals surface area contributed by atoms with Gasteiger partial charge in [0.15, 0.2) is 0 Å². The first kappa shape index (κ1) is 18.3. The number of amides is 2. The van der Waals surface area contributed by atoms with E-state index >= 15 is 0 Å². The van der Waals surface area contributed by atoms with Crippen LogP contribution in [-0.4, -0.2) is 17.5 Å². The zero-order chi connectivity index (χ0) is 18.2. The molecule has 5 nitrogen and oxygen atoms in total. The Balaban J connectivity index is 1.80. The fourth-order valence-electron chi connectivity index (χ4n) is 1.98. The molecule has 0 radical (unpaired) electrons. The minimum atomic E-state index is -0.564. The monoisotopic (exact) mass is 345 g/mol. The van der Waals surface area contributed by atoms with Gasteiger partial charge >= 0.3 is 0 Å². The lowest BCUT2D eigenvalue weighted by atomic mass is 10.2. The van der Waals surface area contributed by atoms with Gasteiger partial charge in [-0.15, -0.1) is 0 Å². The van der Waals surface area contributed by atoms with Gasteiger partial charge in [0.2, 0.25) is 5.91 Å². The number of nitrogens with zero attached hydrogens (tertiary/aromatic N) is 1. The third-order valence-corrected chi connectivity index (χ3v) is 3.25. The van der Waals surface area contributed by atoms with Crippen molar-refractivity contribution in [3.05, 3.63) is 71.3 Å². The molecule has 2 aromatic rings. The predicted molar refractivity (Wildman–Crippen MR) is 89.8 cm³/mol. The van der Waals surface area contributed by atoms with Crippen LogP contribution in [0.5, 0.6) is 0 Å². The van der Waals surface area contributed by atoms with E-state index in [2.05, 4.69) is 15.8 Å². The molecule has 0 atom stereocenters. The first-order chi connectivity index (χ1) is 11.9. The van der Waals surface area contributed by atoms with Crippen LogP contribution in [0.4, 0.5) is 8.78 Å². The van der Waals surface area contributed by atoms with E-state index in [1.54, 1.807) is 19.1 Å². The molecule has 0 saturated heterocycles. The van der Waals surface area contributed by atoms with Gasteiger partial charge in [-0.1, -0.05) is 18.2 Å². The Kier molecular flexibility index (Phi) is 6.33. The van der Waals surface area contributed by atoms with Crippen molar-refractivity contribution in [2.75, 3.05) is 0 Å². The second kappa shape index (κ2) is 8.68. The molecule has 0 fully saturated rings. The van der Waals surface area contributed by atoms with Gasteiger partial charge in [0.25, 0.3) is 5.91 Å². The van der Waals surface area contributed by atoms with Crippen LogP contribution in [0.25, 0.3) is 0 Å². The van der Waals surface area contributed by atoms with Crippen LogP contribution in [0.2, 0.25) is 0 Å². The quantitative estimate of drug-likeness (QED) is 0.624. The summed E-state index contributed by atoms with van der Waals surface area (Å²) in [4.78, 5) is 23.6. The van der Waals surface area contributed by atoms with E-state index in [9.17, 15) is 18.4 Å². The summed E-state index contributed by atoms with van der Waals surface area (Å²) in [5.41, 5.74) is 3.57. The van der Waals surface area contributed by atoms with Crippen molar-refractivity contribution in [2.24, 2.45) is 5.10 Å². The van der Waals surface area contributed by atoms with Gasteiger partial charge in [0.1, 0.15) is 11.6 Å². The Hall–Kier alpha value is -3.09. The molecule has 0 aliphatic carbocycles. The Morgan fingerprint density at radius 1 is 1.04 bits per heavy atom. The maximum Gasteiger partial charge on any atom is 0.271 e. The molecule has 0 unspecified atom stereocenters. The third-order valence-electron chi connectivity index (χ3n) is 3.25. The Morgan fingerprint density at radius 3 is 2.44 bits per heavy atom. The lowest BCUT2D eigenvalue weighted by molar-refractivity contribution is -0.120. The molecule has 2 aromatic carbocycles. The van der Waals surface area contributed by atoms with Gasteiger partial charge in [-0.3, -0.25) is 9.59 Å². The van der Waals surface area contributed by atoms with Gasteiger partial charge in [-0.05, 0) is 42.8 Å². The predicted octanol–water partition coefficient (Wildman–Crippen LogP) is 2.78. The second-order valence-electron chi connectivity index (χ2n) is 5.38. The summed E-state index contributed by atoms with van der Waals surface area (Å²) in [6, 6.07) is 11.0. The SMILES string of the molecule is C/C(CC(=O)NCc1ccc(F)cc1)=N\NC(=O)c1cccc(F)c1. The van der Waals surface area contributed by atoms with Crippen LogP contribution in [0, 0.1) is 11.6 Å². The molecule has 130 valence electrons. The highest BCUT2D eigenvalue weighted by Gasteiger charge is 2.07. The molecule has 2 N–H and O–H groups in total. The summed E-state index contributed by atoms with van der Waals surface area (Å²) >= 11 is 0. The van der Waals surface area contributed by atoms with Crippen molar-refractivity contribution in [3.63, 3.8) is 0 Å². The van der Waals surface area contributed by atoms with Crippen LogP contribution in [0.1, 0.15) is 29.3 Å². The normalized spacial score (nSPS) is 11.1. The number of rotatable bonds is 6. The van der Waals surface area contributed by atoms with Gasteiger partial charge < -0.3 is 5.32 Å². The van der Waals surface area contributed by atoms with Crippen LogP contribution < -0.4 is 10.7 Å². The third kappa shape index (κ3) is 6.14. The highest BCUT2D eigenvalue weighted by Crippen LogP contribution is 2.04. The summed E-state index contributed by atoms with van der Waals surface area (Å²) in [5, 5.41) is 6.49. The highest BCUT2D eigenvalue weighted by atomic mass is 19.1.